The van der Waals surface area contributed by atoms with Gasteiger partial charge in [0.2, 0.25) is 0 Å². The Kier molecular flexibility index (Phi) is 5.20. The Balaban J connectivity index is 2.31. The van der Waals surface area contributed by atoms with Gasteiger partial charge in [0, 0.05) is 18.8 Å². The number of nitrogens with zero attached hydrogens (tertiary/aromatic N) is 1. The molecule has 5 nitrogen and oxygen atoms in total. The first-order valence-electron chi connectivity index (χ1n) is 7.57. The van der Waals surface area contributed by atoms with Crippen LogP contribution in [0.4, 0.5) is 0 Å². The summed E-state index contributed by atoms with van der Waals surface area (Å²) in [4.78, 5) is 4.40. The highest BCUT2D eigenvalue weighted by atomic mass is 16.7. The van der Waals surface area contributed by atoms with Crippen LogP contribution < -0.4 is 10.5 Å². The third-order valence-electron chi connectivity index (χ3n) is 3.32. The zero-order valence-corrected chi connectivity index (χ0v) is 13.0. The number of nitrogens with two attached hydrogens (primary N) is 1. The van der Waals surface area contributed by atoms with Gasteiger partial charge in [0.1, 0.15) is 11.6 Å². The molecule has 1 heterocycles. The lowest BCUT2D eigenvalue weighted by atomic mass is 10.1. The Bertz CT molecular complexity index is 508. The quantitative estimate of drug-likeness (QED) is 0.591. The summed E-state index contributed by atoms with van der Waals surface area (Å²) < 4.78 is 17.3. The first-order valence-corrected chi connectivity index (χ1v) is 7.57. The number of hydrogen-bond acceptors (Lipinski definition) is 5. The van der Waals surface area contributed by atoms with Gasteiger partial charge in [-0.25, -0.2) is 4.99 Å². The van der Waals surface area contributed by atoms with Crippen LogP contribution in [-0.4, -0.2) is 25.7 Å². The Morgan fingerprint density at radius 1 is 1.14 bits per heavy atom. The zero-order chi connectivity index (χ0) is 15.3. The molecular weight excluding hydrogens is 268 g/mol. The minimum atomic E-state index is -1.13. The molecule has 0 radical (unpaired) electrons. The molecule has 0 amide bonds. The fraction of sp³-hybridized carbons (Fsp3) is 0.562. The zero-order valence-electron chi connectivity index (χ0n) is 13.0. The summed E-state index contributed by atoms with van der Waals surface area (Å²) in [5, 5.41) is 0. The molecule has 0 spiro atoms. The van der Waals surface area contributed by atoms with Crippen LogP contribution in [0.3, 0.4) is 0 Å². The fourth-order valence-corrected chi connectivity index (χ4v) is 2.36. The van der Waals surface area contributed by atoms with E-state index in [9.17, 15) is 0 Å². The molecule has 1 aromatic rings. The molecule has 0 saturated carbocycles. The van der Waals surface area contributed by atoms with Gasteiger partial charge in [0.05, 0.1) is 12.2 Å². The summed E-state index contributed by atoms with van der Waals surface area (Å²) in [7, 11) is 0. The molecule has 2 N–H and O–H groups in total. The van der Waals surface area contributed by atoms with Gasteiger partial charge in [-0.1, -0.05) is 13.3 Å². The standard InChI is InChI=1S/C16H24N2O3/c1-4-7-10-19-12-8-9-13-14(11-12)16(20-5-2,21-6-3)18-15(13)17/h8-9,11H,4-7,10H2,1-3H3,(H2,17,18). The van der Waals surface area contributed by atoms with Gasteiger partial charge in [-0.15, -0.1) is 0 Å². The van der Waals surface area contributed by atoms with E-state index in [1.54, 1.807) is 0 Å². The van der Waals surface area contributed by atoms with Crippen molar-refractivity contribution in [3.8, 4) is 5.75 Å². The van der Waals surface area contributed by atoms with Crippen LogP contribution in [0.5, 0.6) is 5.75 Å². The average molecular weight is 292 g/mol. The van der Waals surface area contributed by atoms with Crippen molar-refractivity contribution in [2.24, 2.45) is 10.7 Å². The lowest BCUT2D eigenvalue weighted by Gasteiger charge is -2.26. The van der Waals surface area contributed by atoms with E-state index in [-0.39, 0.29) is 0 Å². The Morgan fingerprint density at radius 2 is 1.86 bits per heavy atom. The number of benzene rings is 1. The second-order valence-corrected chi connectivity index (χ2v) is 4.85. The number of aliphatic imine (C=N–C) groups is 1. The third-order valence-corrected chi connectivity index (χ3v) is 3.32. The van der Waals surface area contributed by atoms with E-state index in [4.69, 9.17) is 19.9 Å². The number of rotatable bonds is 8. The number of amidine groups is 1. The van der Waals surface area contributed by atoms with Gasteiger partial charge in [-0.3, -0.25) is 0 Å². The van der Waals surface area contributed by atoms with Gasteiger partial charge in [-0.2, -0.15) is 0 Å². The maximum absolute atomic E-state index is 6.00. The minimum Gasteiger partial charge on any atom is -0.494 e. The molecule has 0 aromatic heterocycles. The summed E-state index contributed by atoms with van der Waals surface area (Å²) in [6.45, 7) is 7.62. The van der Waals surface area contributed by atoms with Crippen LogP contribution in [0.2, 0.25) is 0 Å². The van der Waals surface area contributed by atoms with Gasteiger partial charge < -0.3 is 19.9 Å². The molecule has 0 saturated heterocycles. The lowest BCUT2D eigenvalue weighted by molar-refractivity contribution is -0.234. The first kappa shape index (κ1) is 15.8. The van der Waals surface area contributed by atoms with E-state index in [2.05, 4.69) is 11.9 Å². The molecule has 0 unspecified atom stereocenters. The van der Waals surface area contributed by atoms with Crippen molar-refractivity contribution in [3.63, 3.8) is 0 Å². The van der Waals surface area contributed by atoms with Gasteiger partial charge in [-0.05, 0) is 38.5 Å². The van der Waals surface area contributed by atoms with E-state index < -0.39 is 5.91 Å². The predicted molar refractivity (Wildman–Crippen MR) is 82.5 cm³/mol. The van der Waals surface area contributed by atoms with E-state index in [0.29, 0.717) is 25.7 Å². The summed E-state index contributed by atoms with van der Waals surface area (Å²) >= 11 is 0. The Labute approximate surface area is 126 Å². The maximum atomic E-state index is 6.00. The summed E-state index contributed by atoms with van der Waals surface area (Å²) in [6, 6.07) is 5.74. The molecular formula is C16H24N2O3. The highest BCUT2D eigenvalue weighted by Gasteiger charge is 2.42. The number of unbranched alkanes of at least 4 members (excludes halogenated alkanes) is 1. The van der Waals surface area contributed by atoms with Crippen LogP contribution in [0, 0.1) is 0 Å². The molecule has 1 aliphatic heterocycles. The average Bonchev–Trinajstić information content (AvgIpc) is 2.73. The van der Waals surface area contributed by atoms with E-state index in [1.807, 2.05) is 32.0 Å². The second-order valence-electron chi connectivity index (χ2n) is 4.85. The molecule has 0 bridgehead atoms. The highest BCUT2D eigenvalue weighted by molar-refractivity contribution is 6.01. The maximum Gasteiger partial charge on any atom is 0.300 e. The van der Waals surface area contributed by atoms with Crippen molar-refractivity contribution < 1.29 is 14.2 Å². The molecule has 116 valence electrons. The number of fused-ring (bicyclic) bond motifs is 1. The van der Waals surface area contributed by atoms with Crippen molar-refractivity contribution in [1.82, 2.24) is 0 Å². The number of ether oxygens (including phenoxy) is 3. The van der Waals surface area contributed by atoms with Gasteiger partial charge in [0.15, 0.2) is 0 Å². The molecule has 1 aromatic carbocycles. The molecule has 5 heteroatoms. The van der Waals surface area contributed by atoms with Crippen LogP contribution >= 0.6 is 0 Å². The van der Waals surface area contributed by atoms with Crippen molar-refractivity contribution in [2.75, 3.05) is 19.8 Å². The molecule has 2 rings (SSSR count). The minimum absolute atomic E-state index is 0.437. The van der Waals surface area contributed by atoms with Gasteiger partial charge >= 0.3 is 5.91 Å². The summed E-state index contributed by atoms with van der Waals surface area (Å²) in [5.41, 5.74) is 7.67. The van der Waals surface area contributed by atoms with Crippen LogP contribution in [0.25, 0.3) is 0 Å². The van der Waals surface area contributed by atoms with Crippen LogP contribution in [-0.2, 0) is 15.4 Å². The van der Waals surface area contributed by atoms with E-state index in [1.165, 1.54) is 0 Å². The second kappa shape index (κ2) is 6.91. The molecule has 21 heavy (non-hydrogen) atoms. The highest BCUT2D eigenvalue weighted by Crippen LogP contribution is 2.38. The summed E-state index contributed by atoms with van der Waals surface area (Å²) in [6.07, 6.45) is 2.13. The normalized spacial score (nSPS) is 15.7. The molecule has 0 atom stereocenters. The van der Waals surface area contributed by atoms with Crippen LogP contribution in [0.15, 0.2) is 23.2 Å². The summed E-state index contributed by atoms with van der Waals surface area (Å²) in [5.74, 6) is 0.0930. The lowest BCUT2D eigenvalue weighted by Crippen LogP contribution is -2.29. The van der Waals surface area contributed by atoms with E-state index >= 15 is 0 Å². The molecule has 0 fully saturated rings. The van der Waals surface area contributed by atoms with Crippen molar-refractivity contribution >= 4 is 5.84 Å². The predicted octanol–water partition coefficient (Wildman–Crippen LogP) is 2.77. The Hall–Kier alpha value is -1.59. The van der Waals surface area contributed by atoms with Crippen molar-refractivity contribution in [3.05, 3.63) is 29.3 Å². The number of hydrogen-bond donors (Lipinski definition) is 1. The van der Waals surface area contributed by atoms with E-state index in [0.717, 1.165) is 29.7 Å². The molecule has 0 aliphatic carbocycles. The SMILES string of the molecule is CCCCOc1ccc2c(c1)C(OCC)(OCC)N=C2N. The first-order chi connectivity index (χ1) is 10.2. The van der Waals surface area contributed by atoms with Crippen molar-refractivity contribution in [1.29, 1.82) is 0 Å². The van der Waals surface area contributed by atoms with Crippen molar-refractivity contribution in [2.45, 2.75) is 39.5 Å². The van der Waals surface area contributed by atoms with Crippen LogP contribution in [0.1, 0.15) is 44.7 Å². The van der Waals surface area contributed by atoms with Gasteiger partial charge in [0.25, 0.3) is 0 Å². The smallest absolute Gasteiger partial charge is 0.300 e. The third kappa shape index (κ3) is 3.19. The largest absolute Gasteiger partial charge is 0.494 e. The topological polar surface area (TPSA) is 66.1 Å². The fourth-order valence-electron chi connectivity index (χ4n) is 2.36. The molecule has 1 aliphatic rings. The monoisotopic (exact) mass is 292 g/mol. The Morgan fingerprint density at radius 3 is 2.48 bits per heavy atom.